The summed E-state index contributed by atoms with van der Waals surface area (Å²) in [5.74, 6) is 0.168. The molecule has 1 aliphatic carbocycles. The van der Waals surface area contributed by atoms with Crippen molar-refractivity contribution in [3.63, 3.8) is 0 Å². The maximum absolute atomic E-state index is 14.0. The quantitative estimate of drug-likeness (QED) is 0.508. The Hall–Kier alpha value is -3.10. The number of hydrogen-bond donors (Lipinski definition) is 0. The zero-order valence-corrected chi connectivity index (χ0v) is 19.6. The molecule has 1 aliphatic heterocycles. The van der Waals surface area contributed by atoms with Crippen LogP contribution in [0.15, 0.2) is 36.4 Å². The van der Waals surface area contributed by atoms with Crippen molar-refractivity contribution >= 4 is 11.6 Å². The SMILES string of the molecule is COc1cccc(-c2cc(C(F)(F)F)n3nc(C(=O)N4C[C@@]5(C)C[C@H]4CC(C)(C)C5)cc3n2)c1. The number of carbonyl (C=O) groups excluding carboxylic acids is 1. The molecule has 2 bridgehead atoms. The molecule has 0 radical (unpaired) electrons. The minimum Gasteiger partial charge on any atom is -0.497 e. The van der Waals surface area contributed by atoms with Crippen LogP contribution < -0.4 is 4.74 Å². The van der Waals surface area contributed by atoms with Crippen LogP contribution in [-0.4, -0.2) is 45.1 Å². The number of halogens is 3. The van der Waals surface area contributed by atoms with Gasteiger partial charge in [-0.3, -0.25) is 4.79 Å². The fourth-order valence-electron chi connectivity index (χ4n) is 6.06. The van der Waals surface area contributed by atoms with Crippen molar-refractivity contribution in [2.24, 2.45) is 10.8 Å². The Balaban J connectivity index is 1.57. The molecule has 3 aromatic rings. The van der Waals surface area contributed by atoms with Gasteiger partial charge in [0.15, 0.2) is 17.0 Å². The molecule has 6 nitrogen and oxygen atoms in total. The predicted molar refractivity (Wildman–Crippen MR) is 121 cm³/mol. The van der Waals surface area contributed by atoms with E-state index in [1.165, 1.54) is 13.2 Å². The van der Waals surface area contributed by atoms with E-state index in [0.29, 0.717) is 17.9 Å². The molecule has 2 fully saturated rings. The monoisotopic (exact) mass is 472 g/mol. The molecular formula is C25H27F3N4O2. The van der Waals surface area contributed by atoms with Crippen molar-refractivity contribution in [3.05, 3.63) is 47.8 Å². The molecule has 1 saturated heterocycles. The second-order valence-corrected chi connectivity index (χ2v) is 10.7. The van der Waals surface area contributed by atoms with Crippen LogP contribution in [0.3, 0.4) is 0 Å². The molecule has 0 spiro atoms. The molecule has 5 rings (SSSR count). The summed E-state index contributed by atoms with van der Waals surface area (Å²) in [5.41, 5.74) is -0.297. The molecule has 2 atom stereocenters. The highest BCUT2D eigenvalue weighted by atomic mass is 19.4. The van der Waals surface area contributed by atoms with Crippen LogP contribution in [0.4, 0.5) is 13.2 Å². The summed E-state index contributed by atoms with van der Waals surface area (Å²) in [6.07, 6.45) is -1.90. The molecule has 1 aromatic carbocycles. The lowest BCUT2D eigenvalue weighted by Crippen LogP contribution is -2.37. The zero-order valence-electron chi connectivity index (χ0n) is 19.6. The molecule has 1 saturated carbocycles. The average Bonchev–Trinajstić information content (AvgIpc) is 3.28. The topological polar surface area (TPSA) is 59.7 Å². The highest BCUT2D eigenvalue weighted by molar-refractivity contribution is 5.94. The number of nitrogens with zero attached hydrogens (tertiary/aromatic N) is 4. The number of aromatic nitrogens is 3. The van der Waals surface area contributed by atoms with E-state index in [0.717, 1.165) is 29.8 Å². The lowest BCUT2D eigenvalue weighted by Gasteiger charge is -2.39. The van der Waals surface area contributed by atoms with Crippen LogP contribution in [0.25, 0.3) is 16.9 Å². The third kappa shape index (κ3) is 3.91. The summed E-state index contributed by atoms with van der Waals surface area (Å²) in [7, 11) is 1.49. The second kappa shape index (κ2) is 7.45. The number of benzene rings is 1. The molecule has 2 aliphatic rings. The number of amides is 1. The summed E-state index contributed by atoms with van der Waals surface area (Å²) < 4.78 is 47.8. The van der Waals surface area contributed by atoms with E-state index in [-0.39, 0.29) is 39.8 Å². The third-order valence-corrected chi connectivity index (χ3v) is 6.98. The first-order chi connectivity index (χ1) is 15.9. The molecule has 9 heteroatoms. The Bertz CT molecular complexity index is 1280. The van der Waals surface area contributed by atoms with E-state index in [2.05, 4.69) is 30.9 Å². The van der Waals surface area contributed by atoms with Crippen molar-refractivity contribution < 1.29 is 22.7 Å². The molecule has 180 valence electrons. The highest BCUT2D eigenvalue weighted by Crippen LogP contribution is 2.52. The highest BCUT2D eigenvalue weighted by Gasteiger charge is 2.51. The summed E-state index contributed by atoms with van der Waals surface area (Å²) in [4.78, 5) is 19.6. The maximum Gasteiger partial charge on any atom is 0.433 e. The van der Waals surface area contributed by atoms with Crippen molar-refractivity contribution in [2.75, 3.05) is 13.7 Å². The van der Waals surface area contributed by atoms with Gasteiger partial charge in [-0.2, -0.15) is 18.3 Å². The lowest BCUT2D eigenvalue weighted by molar-refractivity contribution is -0.142. The number of alkyl halides is 3. The molecule has 1 amide bonds. The number of likely N-dealkylation sites (tertiary alicyclic amines) is 1. The van der Waals surface area contributed by atoms with E-state index in [4.69, 9.17) is 4.74 Å². The normalized spacial score (nSPS) is 24.0. The van der Waals surface area contributed by atoms with Crippen LogP contribution in [0, 0.1) is 10.8 Å². The molecular weight excluding hydrogens is 445 g/mol. The molecule has 0 N–H and O–H groups in total. The third-order valence-electron chi connectivity index (χ3n) is 6.98. The fourth-order valence-corrected chi connectivity index (χ4v) is 6.06. The van der Waals surface area contributed by atoms with Gasteiger partial charge in [0, 0.05) is 24.2 Å². The van der Waals surface area contributed by atoms with Gasteiger partial charge in [0.05, 0.1) is 12.8 Å². The van der Waals surface area contributed by atoms with Crippen LogP contribution in [0.2, 0.25) is 0 Å². The maximum atomic E-state index is 14.0. The minimum absolute atomic E-state index is 0.0101. The standard InChI is InChI=1S/C25H27F3N4O2/c1-23(2)11-16-12-24(3,13-23)14-31(16)22(33)19-10-21-29-18(15-6-5-7-17(8-15)34-4)9-20(25(26,27)28)32(21)30-19/h5-10,16H,11-14H2,1-4H3/t16-,24+/m1/s1. The minimum atomic E-state index is -4.68. The molecule has 3 heterocycles. The van der Waals surface area contributed by atoms with Crippen molar-refractivity contribution in [3.8, 4) is 17.0 Å². The van der Waals surface area contributed by atoms with Gasteiger partial charge in [-0.05, 0) is 48.3 Å². The van der Waals surface area contributed by atoms with Crippen molar-refractivity contribution in [1.82, 2.24) is 19.5 Å². The second-order valence-electron chi connectivity index (χ2n) is 10.7. The number of hydrogen-bond acceptors (Lipinski definition) is 4. The van der Waals surface area contributed by atoms with Gasteiger partial charge in [-0.1, -0.05) is 32.9 Å². The van der Waals surface area contributed by atoms with Gasteiger partial charge in [-0.15, -0.1) is 0 Å². The van der Waals surface area contributed by atoms with E-state index >= 15 is 0 Å². The Morgan fingerprint density at radius 1 is 1.15 bits per heavy atom. The van der Waals surface area contributed by atoms with E-state index in [1.54, 1.807) is 29.2 Å². The Kier molecular flexibility index (Phi) is 4.97. The van der Waals surface area contributed by atoms with Crippen LogP contribution in [0.5, 0.6) is 5.75 Å². The molecule has 34 heavy (non-hydrogen) atoms. The van der Waals surface area contributed by atoms with E-state index < -0.39 is 11.9 Å². The average molecular weight is 473 g/mol. The Labute approximate surface area is 195 Å². The van der Waals surface area contributed by atoms with Gasteiger partial charge in [0.25, 0.3) is 5.91 Å². The lowest BCUT2D eigenvalue weighted by atomic mass is 9.65. The summed E-state index contributed by atoms with van der Waals surface area (Å²) in [5, 5.41) is 4.08. The zero-order chi connectivity index (χ0) is 24.5. The number of fused-ring (bicyclic) bond motifs is 3. The van der Waals surface area contributed by atoms with E-state index in [1.807, 2.05) is 0 Å². The Morgan fingerprint density at radius 2 is 1.91 bits per heavy atom. The first kappa shape index (κ1) is 22.7. The van der Waals surface area contributed by atoms with Gasteiger partial charge < -0.3 is 9.64 Å². The first-order valence-electron chi connectivity index (χ1n) is 11.3. The largest absolute Gasteiger partial charge is 0.497 e. The fraction of sp³-hybridized carbons (Fsp3) is 0.480. The summed E-state index contributed by atoms with van der Waals surface area (Å²) in [6.45, 7) is 7.18. The predicted octanol–water partition coefficient (Wildman–Crippen LogP) is 5.46. The first-order valence-corrected chi connectivity index (χ1v) is 11.3. The summed E-state index contributed by atoms with van der Waals surface area (Å²) >= 11 is 0. The van der Waals surface area contributed by atoms with Crippen LogP contribution >= 0.6 is 0 Å². The molecule has 0 unspecified atom stereocenters. The summed E-state index contributed by atoms with van der Waals surface area (Å²) in [6, 6.07) is 9.05. The van der Waals surface area contributed by atoms with E-state index in [9.17, 15) is 18.0 Å². The number of rotatable bonds is 3. The van der Waals surface area contributed by atoms with Gasteiger partial charge in [-0.25, -0.2) is 9.50 Å². The van der Waals surface area contributed by atoms with Crippen LogP contribution in [-0.2, 0) is 6.18 Å². The van der Waals surface area contributed by atoms with Gasteiger partial charge in [0.1, 0.15) is 5.75 Å². The smallest absolute Gasteiger partial charge is 0.433 e. The van der Waals surface area contributed by atoms with Gasteiger partial charge in [0.2, 0.25) is 0 Å². The molecule has 2 aromatic heterocycles. The van der Waals surface area contributed by atoms with Crippen LogP contribution in [0.1, 0.15) is 56.2 Å². The van der Waals surface area contributed by atoms with Gasteiger partial charge >= 0.3 is 6.18 Å². The van der Waals surface area contributed by atoms with Crippen molar-refractivity contribution in [2.45, 2.75) is 52.3 Å². The number of carbonyl (C=O) groups is 1. The Morgan fingerprint density at radius 3 is 2.62 bits per heavy atom. The number of ether oxygens (including phenoxy) is 1. The number of methoxy groups -OCH3 is 1. The van der Waals surface area contributed by atoms with Crippen molar-refractivity contribution in [1.29, 1.82) is 0 Å².